The van der Waals surface area contributed by atoms with Crippen LogP contribution in [-0.2, 0) is 14.3 Å². The number of esters is 1. The number of ether oxygens (including phenoxy) is 1. The highest BCUT2D eigenvalue weighted by molar-refractivity contribution is 5.76. The van der Waals surface area contributed by atoms with Gasteiger partial charge in [-0.25, -0.2) is 0 Å². The number of aliphatic hydroxyl groups excluding tert-OH is 2. The van der Waals surface area contributed by atoms with E-state index in [0.29, 0.717) is 25.9 Å². The van der Waals surface area contributed by atoms with Crippen LogP contribution in [0.2, 0.25) is 0 Å². The molecule has 0 aromatic carbocycles. The van der Waals surface area contributed by atoms with Crippen molar-refractivity contribution in [3.05, 3.63) is 36.5 Å². The van der Waals surface area contributed by atoms with Gasteiger partial charge in [-0.15, -0.1) is 0 Å². The molecule has 0 aromatic rings. The summed E-state index contributed by atoms with van der Waals surface area (Å²) >= 11 is 0. The monoisotopic (exact) mass is 1050 g/mol. The zero-order valence-electron chi connectivity index (χ0n) is 50.5. The molecule has 6 heteroatoms. The molecule has 0 fully saturated rings. The third kappa shape index (κ3) is 61.2. The van der Waals surface area contributed by atoms with Crippen molar-refractivity contribution >= 4 is 11.9 Å². The van der Waals surface area contributed by atoms with Gasteiger partial charge >= 0.3 is 5.97 Å². The number of hydrogen-bond donors (Lipinski definition) is 3. The molecule has 6 nitrogen and oxygen atoms in total. The molecule has 0 aliphatic carbocycles. The van der Waals surface area contributed by atoms with Crippen molar-refractivity contribution in [2.45, 2.75) is 379 Å². The van der Waals surface area contributed by atoms with Crippen LogP contribution in [0, 0.1) is 0 Å². The lowest BCUT2D eigenvalue weighted by molar-refractivity contribution is -0.143. The molecule has 0 aromatic heterocycles. The Hall–Kier alpha value is -1.92. The standard InChI is InChI=1S/C69H131NO5/c1-3-5-7-9-11-13-15-17-19-21-22-23-24-25-26-27-28-30-33-37-41-45-49-53-57-61-67(72)66(65-71)70-68(73)62-58-54-50-46-42-38-34-31-29-32-36-40-44-48-52-56-60-64-75-69(74)63-59-55-51-47-43-39-35-20-18-16-14-12-10-8-6-4-2/h14,16,20,29,32,35,66-67,71-72H,3-13,15,17-19,21-28,30-31,33-34,36-65H2,1-2H3,(H,70,73)/b16-14-,32-29-,35-20-. The summed E-state index contributed by atoms with van der Waals surface area (Å²) in [5, 5.41) is 23.4. The molecule has 0 saturated heterocycles. The summed E-state index contributed by atoms with van der Waals surface area (Å²) in [5.41, 5.74) is 0. The second-order valence-electron chi connectivity index (χ2n) is 23.1. The molecule has 0 radical (unpaired) electrons. The number of carbonyl (C=O) groups excluding carboxylic acids is 2. The van der Waals surface area contributed by atoms with E-state index in [1.165, 1.54) is 270 Å². The highest BCUT2D eigenvalue weighted by Gasteiger charge is 2.20. The smallest absolute Gasteiger partial charge is 0.305 e. The van der Waals surface area contributed by atoms with Crippen LogP contribution in [0.15, 0.2) is 36.5 Å². The lowest BCUT2D eigenvalue weighted by Crippen LogP contribution is -2.45. The largest absolute Gasteiger partial charge is 0.466 e. The Morgan fingerprint density at radius 2 is 0.667 bits per heavy atom. The molecule has 0 aliphatic rings. The third-order valence-corrected chi connectivity index (χ3v) is 15.7. The van der Waals surface area contributed by atoms with Gasteiger partial charge in [0.2, 0.25) is 5.91 Å². The number of carbonyl (C=O) groups is 2. The van der Waals surface area contributed by atoms with Crippen molar-refractivity contribution in [3.8, 4) is 0 Å². The molecule has 0 rings (SSSR count). The number of allylic oxidation sites excluding steroid dienone is 6. The van der Waals surface area contributed by atoms with Gasteiger partial charge < -0.3 is 20.3 Å². The molecular weight excluding hydrogens is 923 g/mol. The SMILES string of the molecule is CCCCCC/C=C\C/C=C\CCCCCCCC(=O)OCCCCCCCC/C=C\CCCCCCCCCC(=O)NC(CO)C(O)CCCCCCCCCCCCCCCCCCCCCCCCCCC. The lowest BCUT2D eigenvalue weighted by atomic mass is 10.0. The first kappa shape index (κ1) is 73.1. The minimum atomic E-state index is -0.675. The zero-order chi connectivity index (χ0) is 54.3. The van der Waals surface area contributed by atoms with Gasteiger partial charge in [0, 0.05) is 12.8 Å². The summed E-state index contributed by atoms with van der Waals surface area (Å²) in [4.78, 5) is 24.6. The van der Waals surface area contributed by atoms with Gasteiger partial charge in [-0.3, -0.25) is 9.59 Å². The number of rotatable bonds is 63. The second kappa shape index (κ2) is 64.6. The number of amides is 1. The summed E-state index contributed by atoms with van der Waals surface area (Å²) in [7, 11) is 0. The van der Waals surface area contributed by atoms with E-state index < -0.39 is 12.1 Å². The van der Waals surface area contributed by atoms with Gasteiger partial charge in [0.25, 0.3) is 0 Å². The molecule has 2 unspecified atom stereocenters. The highest BCUT2D eigenvalue weighted by Crippen LogP contribution is 2.18. The number of nitrogens with one attached hydrogen (secondary N) is 1. The van der Waals surface area contributed by atoms with Crippen LogP contribution < -0.4 is 5.32 Å². The van der Waals surface area contributed by atoms with E-state index in [9.17, 15) is 19.8 Å². The predicted molar refractivity (Wildman–Crippen MR) is 329 cm³/mol. The van der Waals surface area contributed by atoms with Crippen molar-refractivity contribution < 1.29 is 24.5 Å². The average Bonchev–Trinajstić information content (AvgIpc) is 3.41. The molecule has 75 heavy (non-hydrogen) atoms. The molecule has 0 heterocycles. The number of unbranched alkanes of at least 4 members (excludes halogenated alkanes) is 46. The molecule has 0 saturated carbocycles. The van der Waals surface area contributed by atoms with Crippen molar-refractivity contribution in [2.24, 2.45) is 0 Å². The van der Waals surface area contributed by atoms with E-state index in [0.717, 1.165) is 64.2 Å². The Kier molecular flexibility index (Phi) is 63.0. The maximum atomic E-state index is 12.5. The van der Waals surface area contributed by atoms with Crippen LogP contribution >= 0.6 is 0 Å². The Morgan fingerprint density at radius 1 is 0.373 bits per heavy atom. The van der Waals surface area contributed by atoms with Crippen molar-refractivity contribution in [1.29, 1.82) is 0 Å². The molecule has 0 bridgehead atoms. The fraction of sp³-hybridized carbons (Fsp3) is 0.884. The normalized spacial score (nSPS) is 12.7. The van der Waals surface area contributed by atoms with E-state index >= 15 is 0 Å². The fourth-order valence-electron chi connectivity index (χ4n) is 10.5. The minimum absolute atomic E-state index is 0.0145. The van der Waals surface area contributed by atoms with E-state index in [4.69, 9.17) is 4.74 Å². The van der Waals surface area contributed by atoms with Gasteiger partial charge in [-0.05, 0) is 83.5 Å². The Bertz CT molecular complexity index is 1210. The van der Waals surface area contributed by atoms with Crippen LogP contribution in [-0.4, -0.2) is 47.4 Å². The van der Waals surface area contributed by atoms with Gasteiger partial charge in [0.15, 0.2) is 0 Å². The number of hydrogen-bond acceptors (Lipinski definition) is 5. The molecule has 442 valence electrons. The third-order valence-electron chi connectivity index (χ3n) is 15.7. The van der Waals surface area contributed by atoms with E-state index in [1.54, 1.807) is 0 Å². The summed E-state index contributed by atoms with van der Waals surface area (Å²) in [6.45, 7) is 4.94. The second-order valence-corrected chi connectivity index (χ2v) is 23.1. The molecule has 0 aliphatic heterocycles. The molecule has 2 atom stereocenters. The van der Waals surface area contributed by atoms with Gasteiger partial charge in [-0.2, -0.15) is 0 Å². The first-order valence-electron chi connectivity index (χ1n) is 33.7. The first-order valence-corrected chi connectivity index (χ1v) is 33.7. The van der Waals surface area contributed by atoms with Gasteiger partial charge in [0.05, 0.1) is 25.4 Å². The molecule has 3 N–H and O–H groups in total. The van der Waals surface area contributed by atoms with E-state index in [-0.39, 0.29) is 18.5 Å². The highest BCUT2D eigenvalue weighted by atomic mass is 16.5. The van der Waals surface area contributed by atoms with Crippen molar-refractivity contribution in [2.75, 3.05) is 13.2 Å². The fourth-order valence-corrected chi connectivity index (χ4v) is 10.5. The lowest BCUT2D eigenvalue weighted by Gasteiger charge is -2.22. The van der Waals surface area contributed by atoms with E-state index in [1.807, 2.05) is 0 Å². The van der Waals surface area contributed by atoms with Crippen LogP contribution in [0.3, 0.4) is 0 Å². The van der Waals surface area contributed by atoms with Gasteiger partial charge in [0.1, 0.15) is 0 Å². The number of aliphatic hydroxyl groups is 2. The molecule has 1 amide bonds. The van der Waals surface area contributed by atoms with Gasteiger partial charge in [-0.1, -0.05) is 307 Å². The van der Waals surface area contributed by atoms with Crippen molar-refractivity contribution in [1.82, 2.24) is 5.32 Å². The summed E-state index contributed by atoms with van der Waals surface area (Å²) < 4.78 is 5.47. The first-order chi connectivity index (χ1) is 37.0. The average molecular weight is 1050 g/mol. The summed E-state index contributed by atoms with van der Waals surface area (Å²) in [5.74, 6) is -0.0583. The van der Waals surface area contributed by atoms with Crippen LogP contribution in [0.25, 0.3) is 0 Å². The summed E-state index contributed by atoms with van der Waals surface area (Å²) in [6, 6.07) is -0.553. The van der Waals surface area contributed by atoms with Crippen LogP contribution in [0.1, 0.15) is 367 Å². The predicted octanol–water partition coefficient (Wildman–Crippen LogP) is 21.5. The van der Waals surface area contributed by atoms with E-state index in [2.05, 4.69) is 55.6 Å². The van der Waals surface area contributed by atoms with Crippen molar-refractivity contribution in [3.63, 3.8) is 0 Å². The quantitative estimate of drug-likeness (QED) is 0.0320. The maximum Gasteiger partial charge on any atom is 0.305 e. The topological polar surface area (TPSA) is 95.9 Å². The Balaban J connectivity index is 3.45. The Morgan fingerprint density at radius 3 is 1.04 bits per heavy atom. The zero-order valence-corrected chi connectivity index (χ0v) is 50.5. The minimum Gasteiger partial charge on any atom is -0.466 e. The summed E-state index contributed by atoms with van der Waals surface area (Å²) in [6.07, 6.45) is 81.7. The Labute approximate surface area is 468 Å². The molecular formula is C69H131NO5. The van der Waals surface area contributed by atoms with Crippen LogP contribution in [0.5, 0.6) is 0 Å². The maximum absolute atomic E-state index is 12.5. The van der Waals surface area contributed by atoms with Crippen LogP contribution in [0.4, 0.5) is 0 Å². The molecule has 0 spiro atoms.